The van der Waals surface area contributed by atoms with E-state index < -0.39 is 0 Å². The average molecular weight is 425 g/mol. The number of benzene rings is 1. The van der Waals surface area contributed by atoms with Gasteiger partial charge in [0.15, 0.2) is 0 Å². The van der Waals surface area contributed by atoms with Crippen LogP contribution in [0.5, 0.6) is 0 Å². The zero-order valence-corrected chi connectivity index (χ0v) is 18.6. The van der Waals surface area contributed by atoms with Gasteiger partial charge in [-0.2, -0.15) is 15.5 Å². The van der Waals surface area contributed by atoms with Gasteiger partial charge >= 0.3 is 0 Å². The second-order valence-corrected chi connectivity index (χ2v) is 8.50. The van der Waals surface area contributed by atoms with Crippen LogP contribution in [-0.4, -0.2) is 39.2 Å². The summed E-state index contributed by atoms with van der Waals surface area (Å²) in [7, 11) is 0. The van der Waals surface area contributed by atoms with Crippen LogP contribution in [0.2, 0.25) is 0 Å². The molecule has 0 spiro atoms. The molecule has 1 aromatic carbocycles. The van der Waals surface area contributed by atoms with Crippen LogP contribution in [0.1, 0.15) is 49.3 Å². The molecule has 1 N–H and O–H groups in total. The highest BCUT2D eigenvalue weighted by Crippen LogP contribution is 2.32. The zero-order chi connectivity index (χ0) is 22.5. The first kappa shape index (κ1) is 21.5. The second-order valence-electron chi connectivity index (χ2n) is 8.50. The molecule has 1 saturated heterocycles. The van der Waals surface area contributed by atoms with E-state index in [1.54, 1.807) is 6.20 Å². The molecule has 32 heavy (non-hydrogen) atoms. The monoisotopic (exact) mass is 424 g/mol. The number of likely N-dealkylation sites (tertiary alicyclic amines) is 1. The molecule has 0 atom stereocenters. The van der Waals surface area contributed by atoms with Gasteiger partial charge < -0.3 is 10.2 Å². The van der Waals surface area contributed by atoms with Crippen LogP contribution in [-0.2, 0) is 0 Å². The lowest BCUT2D eigenvalue weighted by molar-refractivity contribution is 0.299. The van der Waals surface area contributed by atoms with Gasteiger partial charge in [-0.05, 0) is 68.5 Å². The quantitative estimate of drug-likeness (QED) is 0.594. The molecular weight excluding hydrogens is 396 g/mol. The fraction of sp³-hybridized carbons (Fsp3) is 0.308. The number of nitriles is 1. The summed E-state index contributed by atoms with van der Waals surface area (Å²) in [6.07, 6.45) is 5.72. The van der Waals surface area contributed by atoms with Crippen molar-refractivity contribution in [3.63, 3.8) is 0 Å². The minimum absolute atomic E-state index is 0.334. The van der Waals surface area contributed by atoms with E-state index in [4.69, 9.17) is 5.26 Å². The second kappa shape index (κ2) is 9.61. The lowest BCUT2D eigenvalue weighted by Gasteiger charge is -2.35. The number of piperidine rings is 1. The van der Waals surface area contributed by atoms with E-state index >= 15 is 0 Å². The van der Waals surface area contributed by atoms with Crippen molar-refractivity contribution in [2.45, 2.75) is 38.6 Å². The average Bonchev–Trinajstić information content (AvgIpc) is 2.84. The molecule has 3 aromatic rings. The van der Waals surface area contributed by atoms with Crippen LogP contribution in [0, 0.1) is 11.3 Å². The highest BCUT2D eigenvalue weighted by atomic mass is 15.1. The summed E-state index contributed by atoms with van der Waals surface area (Å²) in [5, 5.41) is 20.8. The Morgan fingerprint density at radius 2 is 1.88 bits per heavy atom. The molecule has 1 fully saturated rings. The third-order valence-electron chi connectivity index (χ3n) is 5.87. The van der Waals surface area contributed by atoms with Crippen molar-refractivity contribution in [3.8, 4) is 17.3 Å². The summed E-state index contributed by atoms with van der Waals surface area (Å²) < 4.78 is 0. The van der Waals surface area contributed by atoms with Crippen molar-refractivity contribution >= 4 is 11.5 Å². The van der Waals surface area contributed by atoms with Gasteiger partial charge in [0.2, 0.25) is 0 Å². The third kappa shape index (κ3) is 4.94. The summed E-state index contributed by atoms with van der Waals surface area (Å²) in [5.74, 6) is 1.37. The van der Waals surface area contributed by atoms with Crippen molar-refractivity contribution in [3.05, 3.63) is 78.1 Å². The van der Waals surface area contributed by atoms with E-state index in [0.717, 1.165) is 54.3 Å². The van der Waals surface area contributed by atoms with E-state index in [2.05, 4.69) is 64.0 Å². The van der Waals surface area contributed by atoms with E-state index in [-0.39, 0.29) is 0 Å². The van der Waals surface area contributed by atoms with Crippen LogP contribution < -0.4 is 5.32 Å². The number of aromatic nitrogens is 3. The fourth-order valence-corrected chi connectivity index (χ4v) is 4.09. The number of nitrogens with one attached hydrogen (secondary N) is 1. The largest absolute Gasteiger partial charge is 0.371 e. The van der Waals surface area contributed by atoms with Crippen molar-refractivity contribution in [1.82, 2.24) is 20.1 Å². The molecule has 0 bridgehead atoms. The smallest absolute Gasteiger partial charge is 0.126 e. The summed E-state index contributed by atoms with van der Waals surface area (Å²) in [4.78, 5) is 6.81. The van der Waals surface area contributed by atoms with Crippen LogP contribution in [0.3, 0.4) is 0 Å². The Kier molecular flexibility index (Phi) is 6.46. The van der Waals surface area contributed by atoms with Crippen molar-refractivity contribution in [2.75, 3.05) is 18.4 Å². The van der Waals surface area contributed by atoms with E-state index in [1.807, 2.05) is 36.5 Å². The highest BCUT2D eigenvalue weighted by Gasteiger charge is 2.22. The Bertz CT molecular complexity index is 1100. The zero-order valence-electron chi connectivity index (χ0n) is 18.6. The minimum atomic E-state index is 0.334. The van der Waals surface area contributed by atoms with E-state index in [9.17, 15) is 0 Å². The van der Waals surface area contributed by atoms with Gasteiger partial charge in [-0.1, -0.05) is 18.7 Å². The molecule has 0 saturated carbocycles. The van der Waals surface area contributed by atoms with Gasteiger partial charge in [-0.15, -0.1) is 0 Å². The van der Waals surface area contributed by atoms with Gasteiger partial charge in [0.05, 0.1) is 23.5 Å². The van der Waals surface area contributed by atoms with Gasteiger partial charge in [0, 0.05) is 42.2 Å². The molecule has 1 aliphatic heterocycles. The topological polar surface area (TPSA) is 77.7 Å². The number of pyridine rings is 1. The third-order valence-corrected chi connectivity index (χ3v) is 5.87. The molecule has 0 radical (unpaired) electrons. The molecule has 0 amide bonds. The minimum Gasteiger partial charge on any atom is -0.371 e. The van der Waals surface area contributed by atoms with E-state index in [1.165, 1.54) is 5.56 Å². The normalized spacial score (nSPS) is 14.2. The Hall–Kier alpha value is -3.72. The molecular formula is C26H28N6. The first-order valence-corrected chi connectivity index (χ1v) is 11.0. The van der Waals surface area contributed by atoms with Gasteiger partial charge in [-0.25, -0.2) is 4.98 Å². The van der Waals surface area contributed by atoms with Crippen LogP contribution in [0.4, 0.5) is 5.82 Å². The molecule has 162 valence electrons. The molecule has 0 aliphatic carbocycles. The van der Waals surface area contributed by atoms with Gasteiger partial charge in [-0.3, -0.25) is 0 Å². The summed E-state index contributed by atoms with van der Waals surface area (Å²) in [6.45, 7) is 10.4. The fourth-order valence-electron chi connectivity index (χ4n) is 4.09. The number of rotatable bonds is 6. The summed E-state index contributed by atoms with van der Waals surface area (Å²) in [6, 6.07) is 16.5. The molecule has 4 rings (SSSR count). The highest BCUT2D eigenvalue weighted by molar-refractivity contribution is 5.67. The maximum atomic E-state index is 9.00. The number of nitrogens with zero attached hydrogens (tertiary/aromatic N) is 5. The Morgan fingerprint density at radius 1 is 1.12 bits per heavy atom. The summed E-state index contributed by atoms with van der Waals surface area (Å²) >= 11 is 0. The number of hydrogen-bond donors (Lipinski definition) is 1. The Morgan fingerprint density at radius 3 is 2.50 bits per heavy atom. The molecule has 1 aliphatic rings. The molecule has 6 heteroatoms. The lowest BCUT2D eigenvalue weighted by Crippen LogP contribution is -2.31. The van der Waals surface area contributed by atoms with Crippen LogP contribution in [0.15, 0.2) is 61.4 Å². The first-order valence-electron chi connectivity index (χ1n) is 11.0. The van der Waals surface area contributed by atoms with E-state index in [0.29, 0.717) is 17.5 Å². The Labute approximate surface area is 189 Å². The molecule has 3 heterocycles. The first-order chi connectivity index (χ1) is 15.5. The predicted molar refractivity (Wildman–Crippen MR) is 128 cm³/mol. The maximum absolute atomic E-state index is 9.00. The van der Waals surface area contributed by atoms with Crippen molar-refractivity contribution < 1.29 is 0 Å². The SMILES string of the molecule is C=C(c1cnnc(-c2ccc(NC(C)C)nc2)c1)N1CCC(c2ccc(C#N)cc2)CC1. The lowest BCUT2D eigenvalue weighted by atomic mass is 9.88. The van der Waals surface area contributed by atoms with Gasteiger partial charge in [0.1, 0.15) is 5.82 Å². The van der Waals surface area contributed by atoms with Gasteiger partial charge in [0.25, 0.3) is 0 Å². The number of hydrogen-bond acceptors (Lipinski definition) is 6. The van der Waals surface area contributed by atoms with Crippen LogP contribution in [0.25, 0.3) is 17.0 Å². The molecule has 6 nitrogen and oxygen atoms in total. The summed E-state index contributed by atoms with van der Waals surface area (Å²) in [5.41, 5.74) is 5.70. The van der Waals surface area contributed by atoms with Crippen molar-refractivity contribution in [1.29, 1.82) is 5.26 Å². The standard InChI is InChI=1S/C26H28N6/c1-18(2)30-26-9-8-23(16-28-26)25-14-24(17-29-31-25)19(3)32-12-10-22(11-13-32)21-6-4-20(15-27)5-7-21/h4-9,14,16-18,22H,3,10-13H2,1-2H3,(H,28,30). The number of anilines is 1. The Balaban J connectivity index is 1.41. The van der Waals surface area contributed by atoms with Crippen LogP contribution >= 0.6 is 0 Å². The van der Waals surface area contributed by atoms with Crippen molar-refractivity contribution in [2.24, 2.45) is 0 Å². The predicted octanol–water partition coefficient (Wildman–Crippen LogP) is 5.08. The molecule has 2 aromatic heterocycles. The maximum Gasteiger partial charge on any atom is 0.126 e. The molecule has 0 unspecified atom stereocenters.